The molecule has 0 amide bonds. The van der Waals surface area contributed by atoms with Crippen molar-refractivity contribution < 1.29 is 0 Å². The molecule has 26 heavy (non-hydrogen) atoms. The number of hydrogen-bond donors (Lipinski definition) is 1. The molecule has 0 radical (unpaired) electrons. The van der Waals surface area contributed by atoms with Gasteiger partial charge in [0.25, 0.3) is 5.56 Å². The average Bonchev–Trinajstić information content (AvgIpc) is 2.62. The maximum atomic E-state index is 11.9. The molecule has 0 spiro atoms. The summed E-state index contributed by atoms with van der Waals surface area (Å²) in [6.45, 7) is 3.05. The Labute approximate surface area is 155 Å². The first-order valence-electron chi connectivity index (χ1n) is 9.19. The number of rotatable bonds is 5. The molecule has 0 bridgehead atoms. The van der Waals surface area contributed by atoms with Gasteiger partial charge < -0.3 is 9.80 Å². The maximum Gasteiger partial charge on any atom is 0.252 e. The third kappa shape index (κ3) is 4.43. The molecule has 6 heteroatoms. The quantitative estimate of drug-likeness (QED) is 0.892. The van der Waals surface area contributed by atoms with Gasteiger partial charge in [0.1, 0.15) is 0 Å². The monoisotopic (exact) mass is 355 g/mol. The zero-order chi connectivity index (χ0) is 18.7. The van der Waals surface area contributed by atoms with E-state index in [1.165, 1.54) is 11.3 Å². The van der Waals surface area contributed by atoms with Crippen molar-refractivity contribution in [1.82, 2.24) is 14.9 Å². The second kappa shape index (κ2) is 7.91. The summed E-state index contributed by atoms with van der Waals surface area (Å²) in [5, 5.41) is 0. The molecule has 1 aliphatic rings. The van der Waals surface area contributed by atoms with Crippen LogP contribution in [0.5, 0.6) is 0 Å². The highest BCUT2D eigenvalue weighted by atomic mass is 16.1. The van der Waals surface area contributed by atoms with Gasteiger partial charge in [-0.25, -0.2) is 4.98 Å². The zero-order valence-electron chi connectivity index (χ0n) is 16.2. The number of nitrogens with zero attached hydrogens (tertiary/aromatic N) is 4. The number of aromatic amines is 1. The Balaban J connectivity index is 1.60. The van der Waals surface area contributed by atoms with Crippen molar-refractivity contribution in [3.05, 3.63) is 51.9 Å². The fourth-order valence-electron chi connectivity index (χ4n) is 3.43. The molecular formula is C20H29N5O. The van der Waals surface area contributed by atoms with Crippen molar-refractivity contribution in [3.63, 3.8) is 0 Å². The van der Waals surface area contributed by atoms with Gasteiger partial charge in [0.2, 0.25) is 5.95 Å². The fourth-order valence-corrected chi connectivity index (χ4v) is 3.43. The van der Waals surface area contributed by atoms with Crippen molar-refractivity contribution in [2.24, 2.45) is 0 Å². The zero-order valence-corrected chi connectivity index (χ0v) is 16.2. The third-order valence-electron chi connectivity index (χ3n) is 5.04. The van der Waals surface area contributed by atoms with Crippen LogP contribution in [0.15, 0.2) is 35.1 Å². The molecule has 0 aliphatic carbocycles. The summed E-state index contributed by atoms with van der Waals surface area (Å²) in [5.74, 6) is 0.999. The number of anilines is 2. The van der Waals surface area contributed by atoms with Crippen molar-refractivity contribution in [2.45, 2.75) is 25.3 Å². The topological polar surface area (TPSA) is 55.5 Å². The van der Waals surface area contributed by atoms with Gasteiger partial charge >= 0.3 is 0 Å². The van der Waals surface area contributed by atoms with Crippen LogP contribution in [-0.4, -0.2) is 56.1 Å². The molecule has 2 heterocycles. The van der Waals surface area contributed by atoms with Crippen molar-refractivity contribution in [2.75, 3.05) is 51.1 Å². The Morgan fingerprint density at radius 3 is 2.31 bits per heavy atom. The third-order valence-corrected chi connectivity index (χ3v) is 5.04. The highest BCUT2D eigenvalue weighted by molar-refractivity contribution is 5.46. The molecule has 3 rings (SSSR count). The Bertz CT molecular complexity index is 774. The van der Waals surface area contributed by atoms with Gasteiger partial charge in [-0.3, -0.25) is 14.7 Å². The number of benzene rings is 1. The van der Waals surface area contributed by atoms with E-state index in [1.54, 1.807) is 6.07 Å². The Morgan fingerprint density at radius 1 is 1.08 bits per heavy atom. The number of nitrogens with one attached hydrogen (secondary N) is 1. The average molecular weight is 355 g/mol. The van der Waals surface area contributed by atoms with Gasteiger partial charge in [-0.1, -0.05) is 12.1 Å². The standard InChI is InChI=1S/C20H29N5O/c1-23(2)17-7-5-15(6-8-17)14-25-11-9-16(10-12-25)18-13-19(26)22-20(21-18)24(3)4/h5-8,13,16H,9-12,14H2,1-4H3,(H,21,22,26). The van der Waals surface area contributed by atoms with Crippen LogP contribution in [0.4, 0.5) is 11.6 Å². The van der Waals surface area contributed by atoms with Crippen LogP contribution in [0.2, 0.25) is 0 Å². The van der Waals surface area contributed by atoms with Crippen LogP contribution in [0.3, 0.4) is 0 Å². The van der Waals surface area contributed by atoms with E-state index in [0.717, 1.165) is 38.2 Å². The number of H-pyrrole nitrogens is 1. The van der Waals surface area contributed by atoms with Crippen LogP contribution >= 0.6 is 0 Å². The predicted octanol–water partition coefficient (Wildman–Crippen LogP) is 2.28. The maximum absolute atomic E-state index is 11.9. The summed E-state index contributed by atoms with van der Waals surface area (Å²) in [6, 6.07) is 10.4. The number of likely N-dealkylation sites (tertiary alicyclic amines) is 1. The van der Waals surface area contributed by atoms with E-state index < -0.39 is 0 Å². The second-order valence-corrected chi connectivity index (χ2v) is 7.50. The van der Waals surface area contributed by atoms with Crippen molar-refractivity contribution >= 4 is 11.6 Å². The van der Waals surface area contributed by atoms with Gasteiger partial charge in [0.15, 0.2) is 0 Å². The van der Waals surface area contributed by atoms with Gasteiger partial charge in [-0.15, -0.1) is 0 Å². The highest BCUT2D eigenvalue weighted by Gasteiger charge is 2.22. The first kappa shape index (κ1) is 18.5. The molecule has 0 saturated carbocycles. The van der Waals surface area contributed by atoms with Crippen LogP contribution in [0, 0.1) is 0 Å². The Morgan fingerprint density at radius 2 is 1.73 bits per heavy atom. The molecule has 1 fully saturated rings. The van der Waals surface area contributed by atoms with Crippen molar-refractivity contribution in [1.29, 1.82) is 0 Å². The van der Waals surface area contributed by atoms with E-state index >= 15 is 0 Å². The van der Waals surface area contributed by atoms with E-state index in [-0.39, 0.29) is 5.56 Å². The number of piperidine rings is 1. The lowest BCUT2D eigenvalue weighted by Crippen LogP contribution is -2.33. The van der Waals surface area contributed by atoms with E-state index in [2.05, 4.69) is 58.1 Å². The summed E-state index contributed by atoms with van der Waals surface area (Å²) >= 11 is 0. The lowest BCUT2D eigenvalue weighted by Gasteiger charge is -2.32. The highest BCUT2D eigenvalue weighted by Crippen LogP contribution is 2.27. The van der Waals surface area contributed by atoms with E-state index in [0.29, 0.717) is 11.9 Å². The summed E-state index contributed by atoms with van der Waals surface area (Å²) in [6.07, 6.45) is 2.08. The molecular weight excluding hydrogens is 326 g/mol. The van der Waals surface area contributed by atoms with Crippen LogP contribution in [0.25, 0.3) is 0 Å². The van der Waals surface area contributed by atoms with E-state index in [9.17, 15) is 4.79 Å². The lowest BCUT2D eigenvalue weighted by atomic mass is 9.93. The molecule has 0 unspecified atom stereocenters. The summed E-state index contributed by atoms with van der Waals surface area (Å²) in [7, 11) is 7.91. The van der Waals surface area contributed by atoms with Crippen molar-refractivity contribution in [3.8, 4) is 0 Å². The van der Waals surface area contributed by atoms with Crippen LogP contribution < -0.4 is 15.4 Å². The molecule has 140 valence electrons. The molecule has 1 N–H and O–H groups in total. The minimum absolute atomic E-state index is 0.0675. The minimum atomic E-state index is -0.0675. The molecule has 6 nitrogen and oxygen atoms in total. The molecule has 1 aromatic heterocycles. The van der Waals surface area contributed by atoms with E-state index in [1.807, 2.05) is 19.0 Å². The predicted molar refractivity (Wildman–Crippen MR) is 107 cm³/mol. The van der Waals surface area contributed by atoms with Crippen LogP contribution in [-0.2, 0) is 6.54 Å². The summed E-state index contributed by atoms with van der Waals surface area (Å²) in [4.78, 5) is 25.8. The van der Waals surface area contributed by atoms with Gasteiger partial charge in [0.05, 0.1) is 5.69 Å². The van der Waals surface area contributed by atoms with Gasteiger partial charge in [0, 0.05) is 52.4 Å². The van der Waals surface area contributed by atoms with Crippen LogP contribution in [0.1, 0.15) is 30.0 Å². The first-order valence-corrected chi connectivity index (χ1v) is 9.19. The van der Waals surface area contributed by atoms with E-state index in [4.69, 9.17) is 0 Å². The minimum Gasteiger partial charge on any atom is -0.378 e. The van der Waals surface area contributed by atoms with Gasteiger partial charge in [-0.2, -0.15) is 0 Å². The normalized spacial score (nSPS) is 15.8. The summed E-state index contributed by atoms with van der Waals surface area (Å²) < 4.78 is 0. The van der Waals surface area contributed by atoms with Gasteiger partial charge in [-0.05, 0) is 43.6 Å². The lowest BCUT2D eigenvalue weighted by molar-refractivity contribution is 0.203. The molecule has 2 aromatic rings. The SMILES string of the molecule is CN(C)c1ccc(CN2CCC(c3cc(=O)[nH]c(N(C)C)n3)CC2)cc1. The number of aromatic nitrogens is 2. The second-order valence-electron chi connectivity index (χ2n) is 7.50. The number of hydrogen-bond acceptors (Lipinski definition) is 5. The Kier molecular flexibility index (Phi) is 5.61. The Hall–Kier alpha value is -2.34. The molecule has 1 saturated heterocycles. The first-order chi connectivity index (χ1) is 12.4. The molecule has 1 aliphatic heterocycles. The smallest absolute Gasteiger partial charge is 0.252 e. The fraction of sp³-hybridized carbons (Fsp3) is 0.500. The largest absolute Gasteiger partial charge is 0.378 e. The molecule has 0 atom stereocenters. The summed E-state index contributed by atoms with van der Waals surface area (Å²) in [5.41, 5.74) is 3.43. The molecule has 1 aromatic carbocycles.